The molecule has 0 atom stereocenters. The Kier molecular flexibility index (Phi) is 7.30. The van der Waals surface area contributed by atoms with Crippen LogP contribution in [0.1, 0.15) is 34.8 Å². The topological polar surface area (TPSA) is 50.4 Å². The number of carbonyl (C=O) groups is 1. The van der Waals surface area contributed by atoms with Crippen molar-refractivity contribution in [2.45, 2.75) is 26.3 Å². The number of benzene rings is 2. The molecule has 0 aliphatic rings. The zero-order chi connectivity index (χ0) is 17.2. The lowest BCUT2D eigenvalue weighted by molar-refractivity contribution is 0.0948. The minimum absolute atomic E-state index is 0.0399. The van der Waals surface area contributed by atoms with E-state index in [9.17, 15) is 4.79 Å². The second-order valence-corrected chi connectivity index (χ2v) is 5.67. The summed E-state index contributed by atoms with van der Waals surface area (Å²) in [6.45, 7) is 4.12. The lowest BCUT2D eigenvalue weighted by Crippen LogP contribution is -2.25. The molecule has 0 fully saturated rings. The molecule has 2 N–H and O–H groups in total. The van der Waals surface area contributed by atoms with Crippen LogP contribution in [-0.2, 0) is 17.7 Å². The first-order chi connectivity index (χ1) is 11.7. The maximum Gasteiger partial charge on any atom is 0.251 e. The van der Waals surface area contributed by atoms with E-state index in [4.69, 9.17) is 4.74 Å². The van der Waals surface area contributed by atoms with Gasteiger partial charge in [0.15, 0.2) is 0 Å². The summed E-state index contributed by atoms with van der Waals surface area (Å²) in [5, 5.41) is 6.37. The molecule has 0 heterocycles. The molecule has 2 aromatic carbocycles. The van der Waals surface area contributed by atoms with Crippen LogP contribution in [0.4, 0.5) is 5.69 Å². The number of ether oxygens (including phenoxy) is 1. The van der Waals surface area contributed by atoms with Gasteiger partial charge in [-0.2, -0.15) is 0 Å². The predicted octanol–water partition coefficient (Wildman–Crippen LogP) is 3.63. The number of methoxy groups -OCH3 is 1. The van der Waals surface area contributed by atoms with Crippen molar-refractivity contribution in [1.82, 2.24) is 5.32 Å². The fourth-order valence-corrected chi connectivity index (χ4v) is 2.54. The van der Waals surface area contributed by atoms with Gasteiger partial charge < -0.3 is 15.4 Å². The molecule has 4 nitrogen and oxygen atoms in total. The maximum atomic E-state index is 12.2. The Labute approximate surface area is 144 Å². The van der Waals surface area contributed by atoms with Gasteiger partial charge in [-0.05, 0) is 42.2 Å². The van der Waals surface area contributed by atoms with Crippen LogP contribution in [0.25, 0.3) is 0 Å². The Morgan fingerprint density at radius 3 is 2.75 bits per heavy atom. The number of aryl methyl sites for hydroxylation is 1. The zero-order valence-corrected chi connectivity index (χ0v) is 14.5. The van der Waals surface area contributed by atoms with E-state index in [0.29, 0.717) is 25.3 Å². The van der Waals surface area contributed by atoms with Gasteiger partial charge in [-0.3, -0.25) is 4.79 Å². The molecule has 0 saturated heterocycles. The molecular weight excluding hydrogens is 300 g/mol. The van der Waals surface area contributed by atoms with E-state index in [1.54, 1.807) is 7.11 Å². The summed E-state index contributed by atoms with van der Waals surface area (Å²) >= 11 is 0. The van der Waals surface area contributed by atoms with Gasteiger partial charge in [-0.1, -0.05) is 37.3 Å². The Morgan fingerprint density at radius 1 is 1.12 bits per heavy atom. The Hall–Kier alpha value is -2.33. The highest BCUT2D eigenvalue weighted by atomic mass is 16.5. The van der Waals surface area contributed by atoms with Crippen LogP contribution >= 0.6 is 0 Å². The molecule has 0 saturated carbocycles. The van der Waals surface area contributed by atoms with Crippen LogP contribution < -0.4 is 10.6 Å². The molecule has 128 valence electrons. The SMILES string of the molecule is CCc1ccccc1NCc1cccc(C(=O)NCCCOC)c1. The summed E-state index contributed by atoms with van der Waals surface area (Å²) in [7, 11) is 1.66. The second-order valence-electron chi connectivity index (χ2n) is 5.67. The number of anilines is 1. The summed E-state index contributed by atoms with van der Waals surface area (Å²) < 4.78 is 4.98. The van der Waals surface area contributed by atoms with Crippen molar-refractivity contribution in [1.29, 1.82) is 0 Å². The highest BCUT2D eigenvalue weighted by molar-refractivity contribution is 5.94. The van der Waals surface area contributed by atoms with Crippen LogP contribution in [0.15, 0.2) is 48.5 Å². The summed E-state index contributed by atoms with van der Waals surface area (Å²) in [4.78, 5) is 12.2. The van der Waals surface area contributed by atoms with E-state index in [1.165, 1.54) is 5.56 Å². The molecule has 4 heteroatoms. The third-order valence-electron chi connectivity index (χ3n) is 3.88. The van der Waals surface area contributed by atoms with Crippen LogP contribution in [0.5, 0.6) is 0 Å². The third-order valence-corrected chi connectivity index (χ3v) is 3.88. The minimum atomic E-state index is -0.0399. The van der Waals surface area contributed by atoms with Crippen molar-refractivity contribution < 1.29 is 9.53 Å². The van der Waals surface area contributed by atoms with Crippen molar-refractivity contribution >= 4 is 11.6 Å². The molecule has 2 aromatic rings. The van der Waals surface area contributed by atoms with Gasteiger partial charge in [0, 0.05) is 38.1 Å². The van der Waals surface area contributed by atoms with E-state index < -0.39 is 0 Å². The van der Waals surface area contributed by atoms with Crippen molar-refractivity contribution in [3.63, 3.8) is 0 Å². The Bertz CT molecular complexity index is 656. The lowest BCUT2D eigenvalue weighted by Gasteiger charge is -2.12. The molecule has 0 aliphatic heterocycles. The van der Waals surface area contributed by atoms with Crippen molar-refractivity contribution in [2.75, 3.05) is 25.6 Å². The number of amides is 1. The molecule has 0 unspecified atom stereocenters. The Balaban J connectivity index is 1.93. The van der Waals surface area contributed by atoms with Crippen molar-refractivity contribution in [3.8, 4) is 0 Å². The van der Waals surface area contributed by atoms with Gasteiger partial charge in [0.2, 0.25) is 0 Å². The van der Waals surface area contributed by atoms with Crippen LogP contribution in [-0.4, -0.2) is 26.2 Å². The molecule has 0 bridgehead atoms. The zero-order valence-electron chi connectivity index (χ0n) is 14.5. The van der Waals surface area contributed by atoms with Crippen molar-refractivity contribution in [3.05, 3.63) is 65.2 Å². The summed E-state index contributed by atoms with van der Waals surface area (Å²) in [6, 6.07) is 16.0. The van der Waals surface area contributed by atoms with E-state index in [2.05, 4.69) is 35.8 Å². The molecule has 0 aromatic heterocycles. The highest BCUT2D eigenvalue weighted by Gasteiger charge is 2.06. The molecule has 0 radical (unpaired) electrons. The first kappa shape index (κ1) is 18.0. The first-order valence-corrected chi connectivity index (χ1v) is 8.42. The molecule has 0 aliphatic carbocycles. The van der Waals surface area contributed by atoms with Gasteiger partial charge in [0.05, 0.1) is 0 Å². The number of hydrogen-bond acceptors (Lipinski definition) is 3. The summed E-state index contributed by atoms with van der Waals surface area (Å²) in [6.07, 6.45) is 1.81. The van der Waals surface area contributed by atoms with Crippen LogP contribution in [0, 0.1) is 0 Å². The maximum absolute atomic E-state index is 12.2. The fraction of sp³-hybridized carbons (Fsp3) is 0.350. The van der Waals surface area contributed by atoms with E-state index >= 15 is 0 Å². The number of carbonyl (C=O) groups excluding carboxylic acids is 1. The lowest BCUT2D eigenvalue weighted by atomic mass is 10.1. The number of hydrogen-bond donors (Lipinski definition) is 2. The third kappa shape index (κ3) is 5.39. The van der Waals surface area contributed by atoms with E-state index in [-0.39, 0.29) is 5.91 Å². The van der Waals surface area contributed by atoms with Gasteiger partial charge in [0.1, 0.15) is 0 Å². The molecular formula is C20H26N2O2. The minimum Gasteiger partial charge on any atom is -0.385 e. The quantitative estimate of drug-likeness (QED) is 0.692. The molecule has 1 amide bonds. The summed E-state index contributed by atoms with van der Waals surface area (Å²) in [5.74, 6) is -0.0399. The molecule has 2 rings (SSSR count). The van der Waals surface area contributed by atoms with Gasteiger partial charge in [-0.25, -0.2) is 0 Å². The average molecular weight is 326 g/mol. The van der Waals surface area contributed by atoms with Gasteiger partial charge in [0.25, 0.3) is 5.91 Å². The van der Waals surface area contributed by atoms with Gasteiger partial charge in [-0.15, -0.1) is 0 Å². The Morgan fingerprint density at radius 2 is 1.96 bits per heavy atom. The smallest absolute Gasteiger partial charge is 0.251 e. The molecule has 0 spiro atoms. The first-order valence-electron chi connectivity index (χ1n) is 8.42. The normalized spacial score (nSPS) is 10.4. The summed E-state index contributed by atoms with van der Waals surface area (Å²) in [5.41, 5.74) is 4.22. The van der Waals surface area contributed by atoms with E-state index in [1.807, 2.05) is 30.3 Å². The second kappa shape index (κ2) is 9.73. The van der Waals surface area contributed by atoms with Gasteiger partial charge >= 0.3 is 0 Å². The predicted molar refractivity (Wildman–Crippen MR) is 98.4 cm³/mol. The fourth-order valence-electron chi connectivity index (χ4n) is 2.54. The number of para-hydroxylation sites is 1. The molecule has 24 heavy (non-hydrogen) atoms. The number of rotatable bonds is 9. The van der Waals surface area contributed by atoms with Crippen LogP contribution in [0.2, 0.25) is 0 Å². The highest BCUT2D eigenvalue weighted by Crippen LogP contribution is 2.17. The average Bonchev–Trinajstić information content (AvgIpc) is 2.64. The van der Waals surface area contributed by atoms with Crippen LogP contribution in [0.3, 0.4) is 0 Å². The largest absolute Gasteiger partial charge is 0.385 e. The number of nitrogens with one attached hydrogen (secondary N) is 2. The standard InChI is InChI=1S/C20H26N2O2/c1-3-17-9-4-5-11-19(17)22-15-16-8-6-10-18(14-16)20(23)21-12-7-13-24-2/h4-6,8-11,14,22H,3,7,12-13,15H2,1-2H3,(H,21,23). The van der Waals surface area contributed by atoms with E-state index in [0.717, 1.165) is 24.1 Å². The van der Waals surface area contributed by atoms with Crippen molar-refractivity contribution in [2.24, 2.45) is 0 Å². The monoisotopic (exact) mass is 326 g/mol.